The monoisotopic (exact) mass is 190 g/mol. The van der Waals surface area contributed by atoms with Crippen molar-refractivity contribution in [1.82, 2.24) is 10.1 Å². The predicted octanol–water partition coefficient (Wildman–Crippen LogP) is 2.48. The first-order valence-corrected chi connectivity index (χ1v) is 3.94. The molecular formula is C8H12F2N2O. The average Bonchev–Trinajstić information content (AvgIpc) is 2.28. The maximum atomic E-state index is 12.7. The molecule has 3 nitrogen and oxygen atoms in total. The molecule has 0 aromatic carbocycles. The Hall–Kier alpha value is -1.00. The van der Waals surface area contributed by atoms with E-state index < -0.39 is 17.2 Å². The third kappa shape index (κ3) is 2.23. The summed E-state index contributed by atoms with van der Waals surface area (Å²) in [6.07, 6.45) is 0. The molecule has 1 rings (SSSR count). The van der Waals surface area contributed by atoms with Crippen molar-refractivity contribution in [2.24, 2.45) is 0 Å². The van der Waals surface area contributed by atoms with Gasteiger partial charge in [-0.1, -0.05) is 25.9 Å². The highest BCUT2D eigenvalue weighted by Gasteiger charge is 2.33. The molecule has 0 aliphatic carbocycles. The van der Waals surface area contributed by atoms with Crippen molar-refractivity contribution in [2.45, 2.75) is 39.0 Å². The maximum absolute atomic E-state index is 12.7. The topological polar surface area (TPSA) is 38.9 Å². The van der Waals surface area contributed by atoms with Crippen LogP contribution in [0.15, 0.2) is 4.52 Å². The van der Waals surface area contributed by atoms with Crippen LogP contribution in [0.4, 0.5) is 8.78 Å². The van der Waals surface area contributed by atoms with E-state index >= 15 is 0 Å². The Labute approximate surface area is 75.1 Å². The zero-order valence-electron chi connectivity index (χ0n) is 8.06. The molecule has 1 heterocycles. The molecular weight excluding hydrogens is 178 g/mol. The van der Waals surface area contributed by atoms with Crippen molar-refractivity contribution in [2.75, 3.05) is 0 Å². The Morgan fingerprint density at radius 3 is 1.92 bits per heavy atom. The fraction of sp³-hybridized carbons (Fsp3) is 0.750. The molecule has 0 N–H and O–H groups in total. The van der Waals surface area contributed by atoms with Crippen LogP contribution in [0, 0.1) is 0 Å². The fourth-order valence-corrected chi connectivity index (χ4v) is 0.706. The van der Waals surface area contributed by atoms with Crippen molar-refractivity contribution in [3.8, 4) is 0 Å². The van der Waals surface area contributed by atoms with Crippen molar-refractivity contribution in [1.29, 1.82) is 0 Å². The molecule has 5 heteroatoms. The zero-order chi connectivity index (χ0) is 10.3. The van der Waals surface area contributed by atoms with Crippen molar-refractivity contribution < 1.29 is 13.3 Å². The normalized spacial score (nSPS) is 13.4. The number of hydrogen-bond acceptors (Lipinski definition) is 3. The SMILES string of the molecule is CC(C)(C)c1nc(C(C)(F)F)no1. The lowest BCUT2D eigenvalue weighted by atomic mass is 9.97. The average molecular weight is 190 g/mol. The van der Waals surface area contributed by atoms with Gasteiger partial charge >= 0.3 is 5.92 Å². The van der Waals surface area contributed by atoms with E-state index in [-0.39, 0.29) is 5.89 Å². The second-order valence-corrected chi connectivity index (χ2v) is 4.06. The summed E-state index contributed by atoms with van der Waals surface area (Å²) in [7, 11) is 0. The van der Waals surface area contributed by atoms with Crippen molar-refractivity contribution >= 4 is 0 Å². The second-order valence-electron chi connectivity index (χ2n) is 4.06. The van der Waals surface area contributed by atoms with Gasteiger partial charge in [0.1, 0.15) is 0 Å². The van der Waals surface area contributed by atoms with Crippen LogP contribution in [-0.2, 0) is 11.3 Å². The van der Waals surface area contributed by atoms with E-state index in [2.05, 4.69) is 10.1 Å². The van der Waals surface area contributed by atoms with Crippen LogP contribution in [0.5, 0.6) is 0 Å². The highest BCUT2D eigenvalue weighted by atomic mass is 19.3. The Morgan fingerprint density at radius 2 is 1.69 bits per heavy atom. The molecule has 0 atom stereocenters. The van der Waals surface area contributed by atoms with E-state index in [1.165, 1.54) is 0 Å². The van der Waals surface area contributed by atoms with Gasteiger partial charge in [0.15, 0.2) is 0 Å². The van der Waals surface area contributed by atoms with Crippen LogP contribution in [0.1, 0.15) is 39.4 Å². The summed E-state index contributed by atoms with van der Waals surface area (Å²) in [5.74, 6) is -3.37. The fourth-order valence-electron chi connectivity index (χ4n) is 0.706. The first kappa shape index (κ1) is 10.1. The summed E-state index contributed by atoms with van der Waals surface area (Å²) in [5, 5.41) is 3.22. The third-order valence-electron chi connectivity index (χ3n) is 1.46. The number of halogens is 2. The Bertz CT molecular complexity index is 267. The summed E-state index contributed by atoms with van der Waals surface area (Å²) in [6.45, 7) is 6.19. The predicted molar refractivity (Wildman–Crippen MR) is 42.6 cm³/mol. The highest BCUT2D eigenvalue weighted by molar-refractivity contribution is 5.01. The molecule has 0 saturated carbocycles. The van der Waals surface area contributed by atoms with Gasteiger partial charge in [0.05, 0.1) is 0 Å². The molecule has 0 spiro atoms. The highest BCUT2D eigenvalue weighted by Crippen LogP contribution is 2.27. The smallest absolute Gasteiger partial charge is 0.307 e. The number of alkyl halides is 2. The minimum atomic E-state index is -3.03. The lowest BCUT2D eigenvalue weighted by Gasteiger charge is -2.10. The van der Waals surface area contributed by atoms with Crippen LogP contribution in [0.3, 0.4) is 0 Å². The standard InChI is InChI=1S/C8H12F2N2O/c1-7(2,3)6-11-5(12-13-6)8(4,9)10/h1-4H3. The van der Waals surface area contributed by atoms with Crippen LogP contribution in [0.2, 0.25) is 0 Å². The van der Waals surface area contributed by atoms with Gasteiger partial charge in [-0.15, -0.1) is 0 Å². The van der Waals surface area contributed by atoms with Gasteiger partial charge < -0.3 is 4.52 Å². The number of rotatable bonds is 1. The molecule has 0 radical (unpaired) electrons. The summed E-state index contributed by atoms with van der Waals surface area (Å²) in [4.78, 5) is 3.62. The number of aromatic nitrogens is 2. The van der Waals surface area contributed by atoms with E-state index in [0.29, 0.717) is 0 Å². The molecule has 0 bridgehead atoms. The van der Waals surface area contributed by atoms with E-state index in [1.54, 1.807) is 0 Å². The minimum absolute atomic E-state index is 0.226. The molecule has 0 saturated heterocycles. The summed E-state index contributed by atoms with van der Waals surface area (Å²) in [6, 6.07) is 0. The van der Waals surface area contributed by atoms with Gasteiger partial charge in [0.2, 0.25) is 11.7 Å². The Kier molecular flexibility index (Phi) is 2.13. The molecule has 0 fully saturated rings. The first-order chi connectivity index (χ1) is 5.71. The van der Waals surface area contributed by atoms with Crippen molar-refractivity contribution in [3.63, 3.8) is 0 Å². The molecule has 0 amide bonds. The van der Waals surface area contributed by atoms with Crippen LogP contribution in [0.25, 0.3) is 0 Å². The zero-order valence-corrected chi connectivity index (χ0v) is 8.06. The molecule has 74 valence electrons. The minimum Gasteiger partial charge on any atom is -0.339 e. The van der Waals surface area contributed by atoms with Gasteiger partial charge in [-0.25, -0.2) is 0 Å². The molecule has 0 aliphatic heterocycles. The van der Waals surface area contributed by atoms with Crippen LogP contribution in [-0.4, -0.2) is 10.1 Å². The Morgan fingerprint density at radius 1 is 1.15 bits per heavy atom. The lowest BCUT2D eigenvalue weighted by molar-refractivity contribution is 0.00559. The van der Waals surface area contributed by atoms with Gasteiger partial charge in [0.25, 0.3) is 0 Å². The Balaban J connectivity index is 3.01. The number of hydrogen-bond donors (Lipinski definition) is 0. The van der Waals surface area contributed by atoms with Crippen LogP contribution >= 0.6 is 0 Å². The summed E-state index contributed by atoms with van der Waals surface area (Å²) < 4.78 is 30.1. The first-order valence-electron chi connectivity index (χ1n) is 3.94. The van der Waals surface area contributed by atoms with E-state index in [9.17, 15) is 8.78 Å². The molecule has 0 unspecified atom stereocenters. The quantitative estimate of drug-likeness (QED) is 0.682. The maximum Gasteiger partial charge on any atom is 0.307 e. The van der Waals surface area contributed by atoms with Crippen molar-refractivity contribution in [3.05, 3.63) is 11.7 Å². The van der Waals surface area contributed by atoms with E-state index in [1.807, 2.05) is 20.8 Å². The molecule has 1 aromatic heterocycles. The second kappa shape index (κ2) is 2.75. The van der Waals surface area contributed by atoms with E-state index in [4.69, 9.17) is 4.52 Å². The largest absolute Gasteiger partial charge is 0.339 e. The summed E-state index contributed by atoms with van der Waals surface area (Å²) >= 11 is 0. The van der Waals surface area contributed by atoms with Gasteiger partial charge in [-0.3, -0.25) is 0 Å². The lowest BCUT2D eigenvalue weighted by Crippen LogP contribution is -2.14. The van der Waals surface area contributed by atoms with Crippen LogP contribution < -0.4 is 0 Å². The third-order valence-corrected chi connectivity index (χ3v) is 1.46. The van der Waals surface area contributed by atoms with Gasteiger partial charge in [-0.05, 0) is 0 Å². The number of nitrogens with zero attached hydrogens (tertiary/aromatic N) is 2. The summed E-state index contributed by atoms with van der Waals surface area (Å²) in [5.41, 5.74) is -0.392. The molecule has 0 aliphatic rings. The van der Waals surface area contributed by atoms with Gasteiger partial charge in [0, 0.05) is 12.3 Å². The van der Waals surface area contributed by atoms with Gasteiger partial charge in [-0.2, -0.15) is 13.8 Å². The molecule has 1 aromatic rings. The van der Waals surface area contributed by atoms with E-state index in [0.717, 1.165) is 6.92 Å². The molecule has 13 heavy (non-hydrogen) atoms.